The molecular formula is C9H8F2O3. The summed E-state index contributed by atoms with van der Waals surface area (Å²) in [5, 5.41) is 9.14. The van der Waals surface area contributed by atoms with Crippen LogP contribution in [-0.2, 0) is 0 Å². The van der Waals surface area contributed by atoms with E-state index in [2.05, 4.69) is 0 Å². The highest BCUT2D eigenvalue weighted by Crippen LogP contribution is 2.24. The van der Waals surface area contributed by atoms with Crippen LogP contribution in [0.4, 0.5) is 8.78 Å². The highest BCUT2D eigenvalue weighted by molar-refractivity contribution is 6.01. The zero-order chi connectivity index (χ0) is 10.7. The van der Waals surface area contributed by atoms with Gasteiger partial charge >= 0.3 is 6.43 Å². The van der Waals surface area contributed by atoms with Gasteiger partial charge in [0.15, 0.2) is 0 Å². The molecule has 0 unspecified atom stereocenters. The molecular weight excluding hydrogens is 194 g/mol. The SMILES string of the molecule is COc1ccc(O)c(C(=O)C(F)F)c1. The lowest BCUT2D eigenvalue weighted by molar-refractivity contribution is 0.0675. The number of rotatable bonds is 3. The predicted molar refractivity (Wildman–Crippen MR) is 45.0 cm³/mol. The molecule has 14 heavy (non-hydrogen) atoms. The van der Waals surface area contributed by atoms with E-state index in [9.17, 15) is 13.6 Å². The Morgan fingerprint density at radius 1 is 1.50 bits per heavy atom. The molecule has 0 aromatic heterocycles. The van der Waals surface area contributed by atoms with Gasteiger partial charge < -0.3 is 9.84 Å². The van der Waals surface area contributed by atoms with Gasteiger partial charge in [0.05, 0.1) is 12.7 Å². The maximum absolute atomic E-state index is 12.0. The molecule has 0 aliphatic rings. The van der Waals surface area contributed by atoms with E-state index in [1.807, 2.05) is 0 Å². The predicted octanol–water partition coefficient (Wildman–Crippen LogP) is 1.85. The van der Waals surface area contributed by atoms with E-state index in [0.29, 0.717) is 0 Å². The van der Waals surface area contributed by atoms with E-state index in [-0.39, 0.29) is 5.75 Å². The van der Waals surface area contributed by atoms with Gasteiger partial charge in [0.1, 0.15) is 11.5 Å². The number of ketones is 1. The van der Waals surface area contributed by atoms with Crippen molar-refractivity contribution in [3.8, 4) is 11.5 Å². The van der Waals surface area contributed by atoms with Crippen LogP contribution in [-0.4, -0.2) is 24.4 Å². The van der Waals surface area contributed by atoms with E-state index in [0.717, 1.165) is 12.1 Å². The second-order valence-electron chi connectivity index (χ2n) is 2.55. The molecule has 5 heteroatoms. The third-order valence-electron chi connectivity index (χ3n) is 1.67. The summed E-state index contributed by atoms with van der Waals surface area (Å²) >= 11 is 0. The first-order chi connectivity index (χ1) is 6.56. The molecule has 0 amide bonds. The fraction of sp³-hybridized carbons (Fsp3) is 0.222. The minimum absolute atomic E-state index is 0.242. The molecule has 0 saturated carbocycles. The van der Waals surface area contributed by atoms with E-state index >= 15 is 0 Å². The monoisotopic (exact) mass is 202 g/mol. The Hall–Kier alpha value is -1.65. The average Bonchev–Trinajstić information content (AvgIpc) is 2.17. The van der Waals surface area contributed by atoms with Gasteiger partial charge in [0.25, 0.3) is 0 Å². The lowest BCUT2D eigenvalue weighted by Gasteiger charge is -2.05. The van der Waals surface area contributed by atoms with Gasteiger partial charge in [-0.1, -0.05) is 0 Å². The zero-order valence-corrected chi connectivity index (χ0v) is 7.33. The van der Waals surface area contributed by atoms with E-state index in [1.165, 1.54) is 13.2 Å². The Kier molecular flexibility index (Phi) is 3.01. The summed E-state index contributed by atoms with van der Waals surface area (Å²) in [6, 6.07) is 3.58. The number of ether oxygens (including phenoxy) is 1. The van der Waals surface area contributed by atoms with Gasteiger partial charge in [-0.15, -0.1) is 0 Å². The molecule has 1 rings (SSSR count). The summed E-state index contributed by atoms with van der Waals surface area (Å²) in [4.78, 5) is 10.9. The topological polar surface area (TPSA) is 46.5 Å². The molecule has 0 spiro atoms. The van der Waals surface area contributed by atoms with E-state index < -0.39 is 23.5 Å². The van der Waals surface area contributed by atoms with Crippen LogP contribution in [0.1, 0.15) is 10.4 Å². The number of hydrogen-bond acceptors (Lipinski definition) is 3. The summed E-state index contributed by atoms with van der Waals surface area (Å²) in [6.45, 7) is 0. The highest BCUT2D eigenvalue weighted by atomic mass is 19.3. The average molecular weight is 202 g/mol. The summed E-state index contributed by atoms with van der Waals surface area (Å²) in [5.74, 6) is -1.65. The van der Waals surface area contributed by atoms with Gasteiger partial charge in [-0.25, -0.2) is 8.78 Å². The third kappa shape index (κ3) is 1.99. The number of halogens is 2. The molecule has 0 radical (unpaired) electrons. The first kappa shape index (κ1) is 10.4. The van der Waals surface area contributed by atoms with Crippen molar-refractivity contribution >= 4 is 5.78 Å². The summed E-state index contributed by atoms with van der Waals surface area (Å²) in [6.07, 6.45) is -3.13. The van der Waals surface area contributed by atoms with Crippen LogP contribution in [0.2, 0.25) is 0 Å². The third-order valence-corrected chi connectivity index (χ3v) is 1.67. The van der Waals surface area contributed by atoms with Crippen LogP contribution in [0.25, 0.3) is 0 Å². The Morgan fingerprint density at radius 2 is 2.14 bits per heavy atom. The van der Waals surface area contributed by atoms with E-state index in [1.54, 1.807) is 0 Å². The van der Waals surface area contributed by atoms with E-state index in [4.69, 9.17) is 9.84 Å². The second-order valence-corrected chi connectivity index (χ2v) is 2.55. The first-order valence-corrected chi connectivity index (χ1v) is 3.75. The number of carbonyl (C=O) groups is 1. The van der Waals surface area contributed by atoms with Crippen molar-refractivity contribution in [2.45, 2.75) is 6.43 Å². The number of carbonyl (C=O) groups excluding carboxylic acids is 1. The minimum Gasteiger partial charge on any atom is -0.507 e. The number of benzene rings is 1. The van der Waals surface area contributed by atoms with Crippen molar-refractivity contribution in [1.29, 1.82) is 0 Å². The number of phenolic OH excluding ortho intramolecular Hbond substituents is 1. The molecule has 0 aliphatic carbocycles. The van der Waals surface area contributed by atoms with Crippen molar-refractivity contribution < 1.29 is 23.4 Å². The van der Waals surface area contributed by atoms with Crippen molar-refractivity contribution in [2.24, 2.45) is 0 Å². The molecule has 0 bridgehead atoms. The summed E-state index contributed by atoms with van der Waals surface area (Å²) in [7, 11) is 1.34. The highest BCUT2D eigenvalue weighted by Gasteiger charge is 2.21. The number of methoxy groups -OCH3 is 1. The Balaban J connectivity index is 3.12. The number of Topliss-reactive ketones (excluding diaryl/α,β-unsaturated/α-hetero) is 1. The lowest BCUT2D eigenvalue weighted by Crippen LogP contribution is -2.10. The van der Waals surface area contributed by atoms with Crippen LogP contribution in [0.15, 0.2) is 18.2 Å². The number of hydrogen-bond donors (Lipinski definition) is 1. The van der Waals surface area contributed by atoms with Gasteiger partial charge in [-0.05, 0) is 18.2 Å². The molecule has 3 nitrogen and oxygen atoms in total. The van der Waals surface area contributed by atoms with Crippen molar-refractivity contribution in [3.05, 3.63) is 23.8 Å². The fourth-order valence-electron chi connectivity index (χ4n) is 0.957. The normalized spacial score (nSPS) is 10.3. The number of phenols is 1. The molecule has 76 valence electrons. The quantitative estimate of drug-likeness (QED) is 0.761. The van der Waals surface area contributed by atoms with Crippen LogP contribution in [0, 0.1) is 0 Å². The maximum atomic E-state index is 12.0. The smallest absolute Gasteiger partial charge is 0.300 e. The molecule has 0 heterocycles. The molecule has 0 atom stereocenters. The van der Waals surface area contributed by atoms with Crippen LogP contribution in [0.3, 0.4) is 0 Å². The van der Waals surface area contributed by atoms with Crippen molar-refractivity contribution in [1.82, 2.24) is 0 Å². The second kappa shape index (κ2) is 4.04. The molecule has 1 aromatic rings. The van der Waals surface area contributed by atoms with Gasteiger partial charge in [-0.2, -0.15) is 0 Å². The van der Waals surface area contributed by atoms with Crippen molar-refractivity contribution in [3.63, 3.8) is 0 Å². The summed E-state index contributed by atoms with van der Waals surface area (Å²) < 4.78 is 28.8. The maximum Gasteiger partial charge on any atom is 0.300 e. The van der Waals surface area contributed by atoms with Gasteiger partial charge in [-0.3, -0.25) is 4.79 Å². The largest absolute Gasteiger partial charge is 0.507 e. The Labute approximate surface area is 78.9 Å². The van der Waals surface area contributed by atoms with Crippen LogP contribution in [0.5, 0.6) is 11.5 Å². The first-order valence-electron chi connectivity index (χ1n) is 3.75. The van der Waals surface area contributed by atoms with Crippen LogP contribution < -0.4 is 4.74 Å². The lowest BCUT2D eigenvalue weighted by atomic mass is 10.1. The fourth-order valence-corrected chi connectivity index (χ4v) is 0.957. The van der Waals surface area contributed by atoms with Crippen LogP contribution >= 0.6 is 0 Å². The van der Waals surface area contributed by atoms with Gasteiger partial charge in [0.2, 0.25) is 5.78 Å². The van der Waals surface area contributed by atoms with Crippen molar-refractivity contribution in [2.75, 3.05) is 7.11 Å². The molecule has 0 aliphatic heterocycles. The molecule has 0 saturated heterocycles. The standard InChI is InChI=1S/C9H8F2O3/c1-14-5-2-3-7(12)6(4-5)8(13)9(10)11/h2-4,9,12H,1H3. The molecule has 1 N–H and O–H groups in total. The number of alkyl halides is 2. The number of aromatic hydroxyl groups is 1. The van der Waals surface area contributed by atoms with Gasteiger partial charge in [0, 0.05) is 0 Å². The summed E-state index contributed by atoms with van der Waals surface area (Å²) in [5.41, 5.74) is -0.431. The Bertz CT molecular complexity index is 350. The zero-order valence-electron chi connectivity index (χ0n) is 7.33. The molecule has 1 aromatic carbocycles. The minimum atomic E-state index is -3.13. The Morgan fingerprint density at radius 3 is 2.64 bits per heavy atom. The molecule has 0 fully saturated rings.